The van der Waals surface area contributed by atoms with Crippen LogP contribution in [0.3, 0.4) is 0 Å². The highest BCUT2D eigenvalue weighted by atomic mass is 16.6. The minimum atomic E-state index is -1.03. The molecule has 1 aliphatic carbocycles. The Labute approximate surface area is 197 Å². The lowest BCUT2D eigenvalue weighted by Gasteiger charge is -2.23. The molecule has 3 rings (SSSR count). The van der Waals surface area contributed by atoms with Crippen LogP contribution in [0.4, 0.5) is 0 Å². The molecule has 182 valence electrons. The summed E-state index contributed by atoms with van der Waals surface area (Å²) in [5.41, 5.74) is 0.201. The van der Waals surface area contributed by atoms with Gasteiger partial charge in [0.05, 0.1) is 7.11 Å². The fraction of sp³-hybridized carbons (Fsp3) is 0.654. The van der Waals surface area contributed by atoms with E-state index in [0.717, 1.165) is 44.6 Å². The van der Waals surface area contributed by atoms with Crippen LogP contribution in [0.25, 0.3) is 0 Å². The van der Waals surface area contributed by atoms with E-state index in [1.54, 1.807) is 18.5 Å². The number of hydrogen-bond donors (Lipinski definition) is 0. The molecular weight excluding hydrogens is 418 g/mol. The lowest BCUT2D eigenvalue weighted by molar-refractivity contribution is -0.156. The second-order valence-corrected chi connectivity index (χ2v) is 9.64. The lowest BCUT2D eigenvalue weighted by atomic mass is 9.89. The number of hydrogen-bond acceptors (Lipinski definition) is 5. The number of nitrogens with zero attached hydrogens (tertiary/aromatic N) is 3. The topological polar surface area (TPSA) is 75.3 Å². The average molecular weight is 458 g/mol. The Hall–Kier alpha value is -2.57. The largest absolute Gasteiger partial charge is 0.476 e. The third-order valence-electron chi connectivity index (χ3n) is 6.44. The number of benzene rings is 1. The standard InChI is InChI=1S/C26H39N3O4/c1-5-18-28-23(27-29(25(28)31)19-21-10-7-6-8-11-21)13-9-12-20-14-16-22(17-15-20)33-26(2,3)24(30)32-4/h14-17,21H,5-13,18-19H2,1-4H3. The summed E-state index contributed by atoms with van der Waals surface area (Å²) in [6.07, 6.45) is 9.77. The molecule has 7 nitrogen and oxygen atoms in total. The van der Waals surface area contributed by atoms with Gasteiger partial charge in [0.1, 0.15) is 11.6 Å². The molecule has 2 aromatic rings. The summed E-state index contributed by atoms with van der Waals surface area (Å²) in [4.78, 5) is 24.7. The number of carbonyl (C=O) groups excluding carboxylic acids is 1. The summed E-state index contributed by atoms with van der Waals surface area (Å²) in [5, 5.41) is 4.74. The summed E-state index contributed by atoms with van der Waals surface area (Å²) in [6.45, 7) is 6.96. The van der Waals surface area contributed by atoms with E-state index in [1.165, 1.54) is 44.8 Å². The normalized spacial score (nSPS) is 14.9. The number of esters is 1. The molecule has 0 radical (unpaired) electrons. The van der Waals surface area contributed by atoms with Gasteiger partial charge in [0, 0.05) is 19.5 Å². The van der Waals surface area contributed by atoms with Gasteiger partial charge >= 0.3 is 11.7 Å². The van der Waals surface area contributed by atoms with Crippen LogP contribution in [-0.4, -0.2) is 33.0 Å². The van der Waals surface area contributed by atoms with E-state index in [2.05, 4.69) is 6.92 Å². The summed E-state index contributed by atoms with van der Waals surface area (Å²) in [5.74, 6) is 1.71. The Morgan fingerprint density at radius 2 is 1.82 bits per heavy atom. The van der Waals surface area contributed by atoms with Gasteiger partial charge in [0.15, 0.2) is 5.60 Å². The van der Waals surface area contributed by atoms with Crippen molar-refractivity contribution in [3.05, 3.63) is 46.1 Å². The molecule has 1 aromatic heterocycles. The van der Waals surface area contributed by atoms with Crippen molar-refractivity contribution in [1.29, 1.82) is 0 Å². The highest BCUT2D eigenvalue weighted by Crippen LogP contribution is 2.24. The number of rotatable bonds is 11. The maximum absolute atomic E-state index is 12.9. The first-order valence-electron chi connectivity index (χ1n) is 12.4. The highest BCUT2D eigenvalue weighted by Gasteiger charge is 2.31. The summed E-state index contributed by atoms with van der Waals surface area (Å²) in [6, 6.07) is 7.80. The molecule has 0 atom stereocenters. The molecule has 1 aromatic carbocycles. The maximum atomic E-state index is 12.9. The zero-order valence-electron chi connectivity index (χ0n) is 20.6. The molecule has 0 saturated heterocycles. The van der Waals surface area contributed by atoms with Gasteiger partial charge in [0.2, 0.25) is 0 Å². The summed E-state index contributed by atoms with van der Waals surface area (Å²) < 4.78 is 14.2. The van der Waals surface area contributed by atoms with Crippen molar-refractivity contribution in [2.24, 2.45) is 5.92 Å². The Morgan fingerprint density at radius 3 is 2.45 bits per heavy atom. The Kier molecular flexibility index (Phi) is 8.75. The molecule has 0 bridgehead atoms. The van der Waals surface area contributed by atoms with Crippen LogP contribution >= 0.6 is 0 Å². The first-order valence-corrected chi connectivity index (χ1v) is 12.4. The molecule has 1 heterocycles. The average Bonchev–Trinajstić information content (AvgIpc) is 3.09. The van der Waals surface area contributed by atoms with E-state index in [-0.39, 0.29) is 5.69 Å². The Morgan fingerprint density at radius 1 is 1.12 bits per heavy atom. The van der Waals surface area contributed by atoms with Crippen LogP contribution in [0.5, 0.6) is 5.75 Å². The minimum absolute atomic E-state index is 0.0483. The monoisotopic (exact) mass is 457 g/mol. The number of aryl methyl sites for hydroxylation is 2. The first-order chi connectivity index (χ1) is 15.8. The smallest absolute Gasteiger partial charge is 0.349 e. The maximum Gasteiger partial charge on any atom is 0.349 e. The first kappa shape index (κ1) is 25.1. The lowest BCUT2D eigenvalue weighted by Crippen LogP contribution is -2.39. The van der Waals surface area contributed by atoms with Crippen molar-refractivity contribution < 1.29 is 14.3 Å². The van der Waals surface area contributed by atoms with Gasteiger partial charge in [-0.3, -0.25) is 4.57 Å². The predicted octanol–water partition coefficient (Wildman–Crippen LogP) is 4.54. The molecule has 1 saturated carbocycles. The van der Waals surface area contributed by atoms with E-state index in [0.29, 0.717) is 11.7 Å². The molecular formula is C26H39N3O4. The Balaban J connectivity index is 1.58. The van der Waals surface area contributed by atoms with Gasteiger partial charge in [-0.25, -0.2) is 14.3 Å². The van der Waals surface area contributed by atoms with Crippen LogP contribution in [0.2, 0.25) is 0 Å². The summed E-state index contributed by atoms with van der Waals surface area (Å²) >= 11 is 0. The van der Waals surface area contributed by atoms with Gasteiger partial charge in [-0.1, -0.05) is 38.3 Å². The zero-order valence-corrected chi connectivity index (χ0v) is 20.6. The van der Waals surface area contributed by atoms with Crippen LogP contribution in [0.15, 0.2) is 29.1 Å². The molecule has 0 aliphatic heterocycles. The van der Waals surface area contributed by atoms with Crippen molar-refractivity contribution in [2.45, 2.75) is 97.2 Å². The van der Waals surface area contributed by atoms with Gasteiger partial charge in [0.25, 0.3) is 0 Å². The van der Waals surface area contributed by atoms with Crippen LogP contribution in [0, 0.1) is 5.92 Å². The molecule has 7 heteroatoms. The van der Waals surface area contributed by atoms with Gasteiger partial charge < -0.3 is 9.47 Å². The third-order valence-corrected chi connectivity index (χ3v) is 6.44. The molecule has 0 spiro atoms. The molecule has 33 heavy (non-hydrogen) atoms. The van der Waals surface area contributed by atoms with Crippen molar-refractivity contribution in [3.63, 3.8) is 0 Å². The van der Waals surface area contributed by atoms with E-state index < -0.39 is 11.6 Å². The number of aromatic nitrogens is 3. The number of carbonyl (C=O) groups is 1. The van der Waals surface area contributed by atoms with Crippen molar-refractivity contribution in [2.75, 3.05) is 7.11 Å². The van der Waals surface area contributed by atoms with E-state index in [1.807, 2.05) is 28.8 Å². The minimum Gasteiger partial charge on any atom is -0.476 e. The highest BCUT2D eigenvalue weighted by molar-refractivity contribution is 5.78. The third kappa shape index (κ3) is 6.71. The predicted molar refractivity (Wildman–Crippen MR) is 129 cm³/mol. The van der Waals surface area contributed by atoms with Gasteiger partial charge in [-0.05, 0) is 69.6 Å². The van der Waals surface area contributed by atoms with E-state index in [9.17, 15) is 9.59 Å². The second-order valence-electron chi connectivity index (χ2n) is 9.64. The number of methoxy groups -OCH3 is 1. The van der Waals surface area contributed by atoms with E-state index in [4.69, 9.17) is 14.6 Å². The zero-order chi connectivity index (χ0) is 23.8. The van der Waals surface area contributed by atoms with Crippen molar-refractivity contribution in [1.82, 2.24) is 14.3 Å². The molecule has 0 amide bonds. The molecule has 0 N–H and O–H groups in total. The van der Waals surface area contributed by atoms with Crippen LogP contribution < -0.4 is 10.4 Å². The number of ether oxygens (including phenoxy) is 2. The fourth-order valence-corrected chi connectivity index (χ4v) is 4.61. The Bertz CT molecular complexity index is 953. The SMILES string of the molecule is CCCn1c(CCCc2ccc(OC(C)(C)C(=O)OC)cc2)nn(CC2CCCCC2)c1=O. The fourth-order valence-electron chi connectivity index (χ4n) is 4.61. The second kappa shape index (κ2) is 11.5. The van der Waals surface area contributed by atoms with E-state index >= 15 is 0 Å². The van der Waals surface area contributed by atoms with Crippen molar-refractivity contribution >= 4 is 5.97 Å². The quantitative estimate of drug-likeness (QED) is 0.463. The summed E-state index contributed by atoms with van der Waals surface area (Å²) in [7, 11) is 1.36. The van der Waals surface area contributed by atoms with Gasteiger partial charge in [-0.15, -0.1) is 0 Å². The molecule has 0 unspecified atom stereocenters. The van der Waals surface area contributed by atoms with Crippen molar-refractivity contribution in [3.8, 4) is 5.75 Å². The molecule has 1 fully saturated rings. The van der Waals surface area contributed by atoms with Gasteiger partial charge in [-0.2, -0.15) is 5.10 Å². The van der Waals surface area contributed by atoms with Crippen LogP contribution in [0.1, 0.15) is 77.1 Å². The van der Waals surface area contributed by atoms with Crippen LogP contribution in [-0.2, 0) is 35.5 Å². The molecule has 1 aliphatic rings.